The number of thiophene rings is 2. The third-order valence-corrected chi connectivity index (χ3v) is 6.47. The van der Waals surface area contributed by atoms with E-state index >= 15 is 0 Å². The first kappa shape index (κ1) is 18.2. The minimum Gasteiger partial charge on any atom is -0.315 e. The standard InChI is InChI=1S/C18H18ClN3OS2/c1-2-8-22(10-12-6-7-16(19)24-12)11-17(23)21-18-14(9-20)13-4-3-5-15(13)25-18/h2,6-7H,1,3-5,8,10-11H2,(H,21,23). The second-order valence-electron chi connectivity index (χ2n) is 5.89. The van der Waals surface area contributed by atoms with E-state index in [4.69, 9.17) is 11.6 Å². The predicted octanol–water partition coefficient (Wildman–Crippen LogP) is 4.45. The van der Waals surface area contributed by atoms with Gasteiger partial charge in [0.05, 0.1) is 16.4 Å². The number of nitrogens with one attached hydrogen (secondary N) is 1. The summed E-state index contributed by atoms with van der Waals surface area (Å²) in [5.41, 5.74) is 1.77. The molecule has 0 fully saturated rings. The third kappa shape index (κ3) is 4.31. The molecule has 2 aromatic heterocycles. The molecule has 0 atom stereocenters. The Morgan fingerprint density at radius 1 is 1.44 bits per heavy atom. The van der Waals surface area contributed by atoms with Crippen molar-refractivity contribution in [3.05, 3.63) is 50.0 Å². The smallest absolute Gasteiger partial charge is 0.239 e. The van der Waals surface area contributed by atoms with Crippen molar-refractivity contribution in [2.45, 2.75) is 25.8 Å². The number of halogens is 1. The largest absolute Gasteiger partial charge is 0.315 e. The third-order valence-electron chi connectivity index (χ3n) is 4.05. The Morgan fingerprint density at radius 2 is 2.28 bits per heavy atom. The lowest BCUT2D eigenvalue weighted by Crippen LogP contribution is -2.32. The highest BCUT2D eigenvalue weighted by Gasteiger charge is 2.23. The molecule has 1 amide bonds. The summed E-state index contributed by atoms with van der Waals surface area (Å²) in [4.78, 5) is 16.8. The summed E-state index contributed by atoms with van der Waals surface area (Å²) in [5, 5.41) is 13.0. The van der Waals surface area contributed by atoms with Gasteiger partial charge in [0.2, 0.25) is 5.91 Å². The van der Waals surface area contributed by atoms with Gasteiger partial charge in [0.15, 0.2) is 0 Å². The summed E-state index contributed by atoms with van der Waals surface area (Å²) in [6.45, 7) is 5.26. The highest BCUT2D eigenvalue weighted by molar-refractivity contribution is 7.17. The molecule has 130 valence electrons. The summed E-state index contributed by atoms with van der Waals surface area (Å²) < 4.78 is 0.741. The van der Waals surface area contributed by atoms with Crippen LogP contribution >= 0.6 is 34.3 Å². The molecule has 0 aromatic carbocycles. The molecule has 2 heterocycles. The van der Waals surface area contributed by atoms with Gasteiger partial charge in [0.25, 0.3) is 0 Å². The van der Waals surface area contributed by atoms with Crippen LogP contribution in [0.2, 0.25) is 4.34 Å². The Morgan fingerprint density at radius 3 is 2.96 bits per heavy atom. The van der Waals surface area contributed by atoms with E-state index in [9.17, 15) is 10.1 Å². The summed E-state index contributed by atoms with van der Waals surface area (Å²) in [7, 11) is 0. The van der Waals surface area contributed by atoms with Gasteiger partial charge in [-0.2, -0.15) is 5.26 Å². The molecule has 0 radical (unpaired) electrons. The molecule has 1 aliphatic carbocycles. The zero-order valence-corrected chi connectivity index (χ0v) is 16.1. The van der Waals surface area contributed by atoms with Crippen LogP contribution in [0.4, 0.5) is 5.00 Å². The number of rotatable bonds is 7. The first-order valence-corrected chi connectivity index (χ1v) is 10.0. The van der Waals surface area contributed by atoms with Gasteiger partial charge in [-0.3, -0.25) is 9.69 Å². The first-order valence-electron chi connectivity index (χ1n) is 8.02. The van der Waals surface area contributed by atoms with Gasteiger partial charge in [-0.05, 0) is 37.0 Å². The Balaban J connectivity index is 1.66. The quantitative estimate of drug-likeness (QED) is 0.709. The van der Waals surface area contributed by atoms with E-state index in [1.807, 2.05) is 17.0 Å². The van der Waals surface area contributed by atoms with Crippen molar-refractivity contribution in [3.63, 3.8) is 0 Å². The maximum Gasteiger partial charge on any atom is 0.239 e. The molecule has 2 aromatic rings. The number of nitriles is 1. The highest BCUT2D eigenvalue weighted by atomic mass is 35.5. The van der Waals surface area contributed by atoms with Gasteiger partial charge in [-0.1, -0.05) is 17.7 Å². The van der Waals surface area contributed by atoms with E-state index < -0.39 is 0 Å². The van der Waals surface area contributed by atoms with Gasteiger partial charge in [0, 0.05) is 22.8 Å². The van der Waals surface area contributed by atoms with E-state index in [-0.39, 0.29) is 12.5 Å². The maximum atomic E-state index is 12.5. The molecule has 0 unspecified atom stereocenters. The van der Waals surface area contributed by atoms with Crippen LogP contribution in [0.3, 0.4) is 0 Å². The van der Waals surface area contributed by atoms with Crippen molar-refractivity contribution in [2.24, 2.45) is 0 Å². The van der Waals surface area contributed by atoms with E-state index in [1.54, 1.807) is 17.4 Å². The normalized spacial score (nSPS) is 12.8. The fourth-order valence-corrected chi connectivity index (χ4v) is 5.39. The van der Waals surface area contributed by atoms with Crippen molar-refractivity contribution in [1.29, 1.82) is 5.26 Å². The molecule has 7 heteroatoms. The summed E-state index contributed by atoms with van der Waals surface area (Å²) >= 11 is 9.03. The zero-order valence-electron chi connectivity index (χ0n) is 13.7. The van der Waals surface area contributed by atoms with Gasteiger partial charge in [0.1, 0.15) is 11.1 Å². The van der Waals surface area contributed by atoms with Crippen molar-refractivity contribution >= 4 is 45.2 Å². The number of carbonyl (C=O) groups is 1. The molecule has 0 spiro atoms. The molecule has 0 aliphatic heterocycles. The second-order valence-corrected chi connectivity index (χ2v) is 8.79. The minimum atomic E-state index is -0.110. The molecule has 3 rings (SSSR count). The number of nitrogens with zero attached hydrogens (tertiary/aromatic N) is 2. The van der Waals surface area contributed by atoms with Crippen LogP contribution in [0.1, 0.15) is 27.3 Å². The minimum absolute atomic E-state index is 0.110. The fraction of sp³-hybridized carbons (Fsp3) is 0.333. The monoisotopic (exact) mass is 391 g/mol. The number of fused-ring (bicyclic) bond motifs is 1. The van der Waals surface area contributed by atoms with Crippen LogP contribution in [-0.2, 0) is 24.2 Å². The predicted molar refractivity (Wildman–Crippen MR) is 104 cm³/mol. The van der Waals surface area contributed by atoms with E-state index in [2.05, 4.69) is 18.0 Å². The van der Waals surface area contributed by atoms with Crippen molar-refractivity contribution in [2.75, 3.05) is 18.4 Å². The van der Waals surface area contributed by atoms with Crippen LogP contribution in [-0.4, -0.2) is 23.9 Å². The van der Waals surface area contributed by atoms with Crippen LogP contribution in [0.15, 0.2) is 24.8 Å². The highest BCUT2D eigenvalue weighted by Crippen LogP contribution is 2.38. The molecule has 1 aliphatic rings. The molecule has 4 nitrogen and oxygen atoms in total. The molecular formula is C18H18ClN3OS2. The average Bonchev–Trinajstić information content (AvgIpc) is 3.23. The molecule has 0 saturated heterocycles. The van der Waals surface area contributed by atoms with Crippen molar-refractivity contribution < 1.29 is 4.79 Å². The number of hydrogen-bond donors (Lipinski definition) is 1. The average molecular weight is 392 g/mol. The molecular weight excluding hydrogens is 374 g/mol. The number of anilines is 1. The fourth-order valence-electron chi connectivity index (χ4n) is 3.00. The lowest BCUT2D eigenvalue weighted by atomic mass is 10.1. The van der Waals surface area contributed by atoms with Crippen LogP contribution in [0.25, 0.3) is 0 Å². The summed E-state index contributed by atoms with van der Waals surface area (Å²) in [6.07, 6.45) is 4.82. The molecule has 25 heavy (non-hydrogen) atoms. The summed E-state index contributed by atoms with van der Waals surface area (Å²) in [6, 6.07) is 6.09. The number of amides is 1. The lowest BCUT2D eigenvalue weighted by Gasteiger charge is -2.19. The number of aryl methyl sites for hydroxylation is 1. The maximum absolute atomic E-state index is 12.5. The Hall–Kier alpha value is -1.65. The lowest BCUT2D eigenvalue weighted by molar-refractivity contribution is -0.117. The van der Waals surface area contributed by atoms with Crippen LogP contribution < -0.4 is 5.32 Å². The Kier molecular flexibility index (Phi) is 5.92. The zero-order chi connectivity index (χ0) is 17.8. The Labute approximate surface area is 160 Å². The summed E-state index contributed by atoms with van der Waals surface area (Å²) in [5.74, 6) is -0.110. The van der Waals surface area contributed by atoms with Gasteiger partial charge in [-0.15, -0.1) is 29.3 Å². The second kappa shape index (κ2) is 8.15. The molecule has 0 bridgehead atoms. The SMILES string of the molecule is C=CCN(CC(=O)Nc1sc2c(c1C#N)CCC2)Cc1ccc(Cl)s1. The van der Waals surface area contributed by atoms with Gasteiger partial charge >= 0.3 is 0 Å². The van der Waals surface area contributed by atoms with Crippen molar-refractivity contribution in [1.82, 2.24) is 4.90 Å². The van der Waals surface area contributed by atoms with E-state index in [0.29, 0.717) is 23.7 Å². The van der Waals surface area contributed by atoms with Crippen LogP contribution in [0.5, 0.6) is 0 Å². The van der Waals surface area contributed by atoms with Crippen molar-refractivity contribution in [3.8, 4) is 6.07 Å². The molecule has 0 saturated carbocycles. The van der Waals surface area contributed by atoms with E-state index in [0.717, 1.165) is 34.0 Å². The van der Waals surface area contributed by atoms with Crippen LogP contribution in [0, 0.1) is 11.3 Å². The van der Waals surface area contributed by atoms with Gasteiger partial charge in [-0.25, -0.2) is 0 Å². The first-order chi connectivity index (χ1) is 12.1. The van der Waals surface area contributed by atoms with Gasteiger partial charge < -0.3 is 5.32 Å². The number of carbonyl (C=O) groups excluding carboxylic acids is 1. The Bertz CT molecular complexity index is 834. The topological polar surface area (TPSA) is 56.1 Å². The number of hydrogen-bond acceptors (Lipinski definition) is 5. The van der Waals surface area contributed by atoms with E-state index in [1.165, 1.54) is 16.2 Å². The molecule has 1 N–H and O–H groups in total.